The molecule has 0 aromatic heterocycles. The quantitative estimate of drug-likeness (QED) is 0.0729. The van der Waals surface area contributed by atoms with E-state index in [0.717, 1.165) is 0 Å². The molecule has 0 spiro atoms. The van der Waals surface area contributed by atoms with E-state index < -0.39 is 136 Å². The topological polar surface area (TPSA) is 282 Å². The Morgan fingerprint density at radius 2 is 0.824 bits per heavy atom. The second-order valence-electron chi connectivity index (χ2n) is 12.5. The molecule has 21 nitrogen and oxygen atoms in total. The molecule has 0 aromatic carbocycles. The third-order valence-corrected chi connectivity index (χ3v) is 9.49. The molecule has 0 radical (unpaired) electrons. The van der Waals surface area contributed by atoms with Crippen LogP contribution in [0.25, 0.3) is 0 Å². The molecular formula is C30H54O21. The van der Waals surface area contributed by atoms with E-state index in [1.165, 1.54) is 42.7 Å². The molecule has 8 N–H and O–H groups in total. The number of methoxy groups -OCH3 is 6. The summed E-state index contributed by atoms with van der Waals surface area (Å²) in [5, 5.41) is 83.2. The lowest BCUT2D eigenvalue weighted by Crippen LogP contribution is -2.68. The largest absolute Gasteiger partial charge is 0.394 e. The number of hydrogen-bond donors (Lipinski definition) is 8. The number of hydrogen-bond acceptors (Lipinski definition) is 21. The van der Waals surface area contributed by atoms with Crippen LogP contribution in [0.1, 0.15) is 0 Å². The molecule has 0 aromatic rings. The van der Waals surface area contributed by atoms with Crippen molar-refractivity contribution in [2.24, 2.45) is 0 Å². The van der Waals surface area contributed by atoms with Crippen LogP contribution in [0.15, 0.2) is 0 Å². The van der Waals surface area contributed by atoms with E-state index >= 15 is 0 Å². The Labute approximate surface area is 294 Å². The molecule has 4 fully saturated rings. The monoisotopic (exact) mass is 750 g/mol. The molecule has 0 saturated carbocycles. The van der Waals surface area contributed by atoms with Gasteiger partial charge in [0.25, 0.3) is 0 Å². The lowest BCUT2D eigenvalue weighted by molar-refractivity contribution is -0.391. The molecule has 300 valence electrons. The van der Waals surface area contributed by atoms with E-state index in [1.807, 2.05) is 0 Å². The van der Waals surface area contributed by atoms with Gasteiger partial charge in [-0.2, -0.15) is 0 Å². The molecule has 20 atom stereocenters. The van der Waals surface area contributed by atoms with Crippen LogP contribution in [0, 0.1) is 0 Å². The number of aliphatic hydroxyl groups is 8. The maximum absolute atomic E-state index is 11.2. The molecular weight excluding hydrogens is 696 g/mol. The molecule has 0 bridgehead atoms. The van der Waals surface area contributed by atoms with Crippen LogP contribution in [0.4, 0.5) is 0 Å². The first-order valence-electron chi connectivity index (χ1n) is 16.4. The number of rotatable bonds is 16. The minimum atomic E-state index is -1.84. The zero-order valence-corrected chi connectivity index (χ0v) is 29.3. The summed E-state index contributed by atoms with van der Waals surface area (Å²) < 4.78 is 74.9. The SMILES string of the molecule is COC[C@H]1O[C@@H](O[C@H]2[C@H](OC)[C@@H](OC)C(O)O[C@@H]2COC)[C@H](OC)[C@@H](OC)[C@@H]1O[C@@H]1O[C@H](CO)[C@@H](O[C@@H]2O[C@H](CO)[C@@H](O)[C@H](O)[C@H]2O)[C@H](O)[C@H]1O. The first kappa shape index (κ1) is 42.9. The molecule has 21 heteroatoms. The van der Waals surface area contributed by atoms with Gasteiger partial charge >= 0.3 is 0 Å². The maximum Gasteiger partial charge on any atom is 0.187 e. The number of ether oxygens (including phenoxy) is 13. The third kappa shape index (κ3) is 9.18. The van der Waals surface area contributed by atoms with Crippen molar-refractivity contribution in [2.75, 3.05) is 69.1 Å². The van der Waals surface area contributed by atoms with Crippen LogP contribution < -0.4 is 0 Å². The standard InChI is InChI=1S/C30H54O21/c1-39-9-13-21(23(41-3)25(43-5)27(38)45-13)51-30-26(44-6)24(42-4)22(14(48-30)10-40-2)50-29-19(37)17(35)20(12(8-32)47-29)49-28-18(36)16(34)15(33)11(7-31)46-28/h11-38H,7-10H2,1-6H3/t11-,12-,13-,14-,15-,16+,17-,18-,19-,20-,21-,22-,23+,24+,25-,26-,27?,28+,29+,30+/m1/s1. The van der Waals surface area contributed by atoms with Crippen LogP contribution in [0.3, 0.4) is 0 Å². The van der Waals surface area contributed by atoms with E-state index in [1.54, 1.807) is 0 Å². The summed E-state index contributed by atoms with van der Waals surface area (Å²) >= 11 is 0. The Bertz CT molecular complexity index is 1010. The van der Waals surface area contributed by atoms with E-state index in [0.29, 0.717) is 0 Å². The van der Waals surface area contributed by atoms with Crippen molar-refractivity contribution in [3.8, 4) is 0 Å². The van der Waals surface area contributed by atoms with Crippen LogP contribution in [-0.2, 0) is 61.6 Å². The summed E-state index contributed by atoms with van der Waals surface area (Å²) in [4.78, 5) is 0. The van der Waals surface area contributed by atoms with E-state index in [4.69, 9.17) is 61.6 Å². The van der Waals surface area contributed by atoms with Crippen LogP contribution in [0.5, 0.6) is 0 Å². The van der Waals surface area contributed by atoms with E-state index in [2.05, 4.69) is 0 Å². The van der Waals surface area contributed by atoms with Gasteiger partial charge in [-0.1, -0.05) is 0 Å². The van der Waals surface area contributed by atoms with Gasteiger partial charge in [-0.15, -0.1) is 0 Å². The van der Waals surface area contributed by atoms with Crippen molar-refractivity contribution in [2.45, 2.75) is 123 Å². The fourth-order valence-corrected chi connectivity index (χ4v) is 6.82. The average molecular weight is 751 g/mol. The molecule has 51 heavy (non-hydrogen) atoms. The van der Waals surface area contributed by atoms with Gasteiger partial charge in [0.1, 0.15) is 97.7 Å². The van der Waals surface area contributed by atoms with Gasteiger partial charge in [-0.25, -0.2) is 0 Å². The zero-order valence-electron chi connectivity index (χ0n) is 29.3. The minimum absolute atomic E-state index is 0.00960. The molecule has 4 aliphatic heterocycles. The normalized spacial score (nSPS) is 48.1. The maximum atomic E-state index is 11.2. The minimum Gasteiger partial charge on any atom is -0.394 e. The Morgan fingerprint density at radius 1 is 0.392 bits per heavy atom. The van der Waals surface area contributed by atoms with Crippen LogP contribution in [0.2, 0.25) is 0 Å². The Hall–Kier alpha value is -0.840. The molecule has 4 aliphatic rings. The van der Waals surface area contributed by atoms with Gasteiger partial charge < -0.3 is 102 Å². The van der Waals surface area contributed by atoms with Gasteiger partial charge in [0.2, 0.25) is 0 Å². The second-order valence-corrected chi connectivity index (χ2v) is 12.5. The van der Waals surface area contributed by atoms with Crippen molar-refractivity contribution < 1.29 is 102 Å². The highest BCUT2D eigenvalue weighted by Gasteiger charge is 2.56. The third-order valence-electron chi connectivity index (χ3n) is 9.49. The van der Waals surface area contributed by atoms with E-state index in [9.17, 15) is 40.9 Å². The number of aliphatic hydroxyl groups excluding tert-OH is 8. The summed E-state index contributed by atoms with van der Waals surface area (Å²) in [7, 11) is 8.42. The summed E-state index contributed by atoms with van der Waals surface area (Å²) in [6.45, 7) is -1.60. The average Bonchev–Trinajstić information content (AvgIpc) is 3.12. The van der Waals surface area contributed by atoms with Gasteiger partial charge in [0, 0.05) is 42.7 Å². The molecule has 4 rings (SSSR count). The summed E-state index contributed by atoms with van der Waals surface area (Å²) in [6, 6.07) is 0. The summed E-state index contributed by atoms with van der Waals surface area (Å²) in [5.41, 5.74) is 0. The fraction of sp³-hybridized carbons (Fsp3) is 1.00. The van der Waals surface area contributed by atoms with Crippen molar-refractivity contribution in [1.82, 2.24) is 0 Å². The van der Waals surface area contributed by atoms with E-state index in [-0.39, 0.29) is 13.2 Å². The Morgan fingerprint density at radius 3 is 1.33 bits per heavy atom. The zero-order chi connectivity index (χ0) is 37.6. The highest BCUT2D eigenvalue weighted by atomic mass is 16.8. The van der Waals surface area contributed by atoms with Gasteiger partial charge in [0.05, 0.1) is 26.4 Å². The molecule has 1 unspecified atom stereocenters. The fourth-order valence-electron chi connectivity index (χ4n) is 6.82. The molecule has 0 amide bonds. The smallest absolute Gasteiger partial charge is 0.187 e. The predicted octanol–water partition coefficient (Wildman–Crippen LogP) is -5.82. The first-order chi connectivity index (χ1) is 24.4. The van der Waals surface area contributed by atoms with Crippen molar-refractivity contribution >= 4 is 0 Å². The molecule has 4 heterocycles. The van der Waals surface area contributed by atoms with Gasteiger partial charge in [0.15, 0.2) is 25.2 Å². The summed E-state index contributed by atoms with van der Waals surface area (Å²) in [6.07, 6.45) is -26.8. The molecule has 4 saturated heterocycles. The van der Waals surface area contributed by atoms with Crippen molar-refractivity contribution in [3.05, 3.63) is 0 Å². The lowest BCUT2D eigenvalue weighted by Gasteiger charge is -2.50. The Balaban J connectivity index is 1.53. The lowest BCUT2D eigenvalue weighted by atomic mass is 9.95. The van der Waals surface area contributed by atoms with Gasteiger partial charge in [-0.3, -0.25) is 0 Å². The Kier molecular flexibility index (Phi) is 16.5. The van der Waals surface area contributed by atoms with Crippen molar-refractivity contribution in [3.63, 3.8) is 0 Å². The second kappa shape index (κ2) is 19.7. The van der Waals surface area contributed by atoms with Crippen molar-refractivity contribution in [1.29, 1.82) is 0 Å². The molecule has 0 aliphatic carbocycles. The van der Waals surface area contributed by atoms with Crippen LogP contribution >= 0.6 is 0 Å². The highest BCUT2D eigenvalue weighted by molar-refractivity contribution is 4.99. The van der Waals surface area contributed by atoms with Crippen LogP contribution in [-0.4, -0.2) is 233 Å². The first-order valence-corrected chi connectivity index (χ1v) is 16.4. The highest BCUT2D eigenvalue weighted by Crippen LogP contribution is 2.36. The van der Waals surface area contributed by atoms with Gasteiger partial charge in [-0.05, 0) is 0 Å². The predicted molar refractivity (Wildman–Crippen MR) is 163 cm³/mol. The summed E-state index contributed by atoms with van der Waals surface area (Å²) in [5.74, 6) is 0.